The number of rotatable bonds is 5. The number of carbonyl (C=O) groups excluding carboxylic acids is 1. The summed E-state index contributed by atoms with van der Waals surface area (Å²) in [6, 6.07) is 1.67. The van der Waals surface area contributed by atoms with Gasteiger partial charge in [0.2, 0.25) is 0 Å². The molecule has 0 spiro atoms. The van der Waals surface area contributed by atoms with Crippen LogP contribution in [0.2, 0.25) is 0 Å². The van der Waals surface area contributed by atoms with E-state index in [1.165, 1.54) is 0 Å². The van der Waals surface area contributed by atoms with Crippen LogP contribution in [0.25, 0.3) is 0 Å². The molecule has 17 heavy (non-hydrogen) atoms. The Balaban J connectivity index is 2.43. The van der Waals surface area contributed by atoms with Crippen molar-refractivity contribution in [2.24, 2.45) is 0 Å². The summed E-state index contributed by atoms with van der Waals surface area (Å²) in [5.74, 6) is 1.08. The first kappa shape index (κ1) is 12.6. The van der Waals surface area contributed by atoms with E-state index < -0.39 is 5.63 Å². The van der Waals surface area contributed by atoms with Gasteiger partial charge < -0.3 is 7.48 Å². The largest absolute Gasteiger partial charge is 0.427 e. The molecule has 0 amide bonds. The molecule has 0 saturated heterocycles. The number of ketones is 1. The van der Waals surface area contributed by atoms with Crippen molar-refractivity contribution in [2.45, 2.75) is 38.5 Å². The monoisotopic (exact) mass is 348 g/mol. The molecular formula is C12H13IO4. The van der Waals surface area contributed by atoms with E-state index in [1.807, 2.05) is 6.92 Å². The van der Waals surface area contributed by atoms with Gasteiger partial charge in [-0.25, -0.2) is 4.79 Å². The molecule has 1 aromatic rings. The van der Waals surface area contributed by atoms with E-state index in [9.17, 15) is 9.59 Å². The molecule has 4 nitrogen and oxygen atoms in total. The fraction of sp³-hybridized carbons (Fsp3) is 0.500. The molecule has 0 radical (unpaired) electrons. The number of carbonyl (C=O) groups is 1. The van der Waals surface area contributed by atoms with Gasteiger partial charge in [0.05, 0.1) is 0 Å². The van der Waals surface area contributed by atoms with E-state index in [2.05, 4.69) is 0 Å². The summed E-state index contributed by atoms with van der Waals surface area (Å²) in [6.07, 6.45) is 3.10. The normalized spacial score (nSPS) is 14.7. The van der Waals surface area contributed by atoms with Gasteiger partial charge in [-0.1, -0.05) is 6.92 Å². The summed E-state index contributed by atoms with van der Waals surface area (Å²) in [5.41, 5.74) is -0.523. The maximum Gasteiger partial charge on any atom is 0.350 e. The van der Waals surface area contributed by atoms with Crippen LogP contribution in [0.15, 0.2) is 15.3 Å². The van der Waals surface area contributed by atoms with Crippen molar-refractivity contribution in [3.8, 4) is 5.75 Å². The number of halogens is 1. The Labute approximate surface area is 113 Å². The molecule has 0 bridgehead atoms. The SMILES string of the molecule is CCCC(=O)c1c(OI)cc(C2CC2)oc1=O. The van der Waals surface area contributed by atoms with Crippen molar-refractivity contribution in [3.63, 3.8) is 0 Å². The summed E-state index contributed by atoms with van der Waals surface area (Å²) in [7, 11) is 0. The van der Waals surface area contributed by atoms with Gasteiger partial charge in [-0.3, -0.25) is 4.79 Å². The van der Waals surface area contributed by atoms with Crippen LogP contribution < -0.4 is 8.69 Å². The Bertz CT molecular complexity index is 488. The van der Waals surface area contributed by atoms with Crippen LogP contribution in [0.3, 0.4) is 0 Å². The standard InChI is InChI=1S/C12H13IO4/c1-2-3-8(14)11-10(17-13)6-9(7-4-5-7)16-12(11)15/h6-7H,2-5H2,1H3. The second-order valence-corrected chi connectivity index (χ2v) is 4.64. The van der Waals surface area contributed by atoms with Gasteiger partial charge >= 0.3 is 5.63 Å². The van der Waals surface area contributed by atoms with Gasteiger partial charge in [0.1, 0.15) is 11.3 Å². The second-order valence-electron chi connectivity index (χ2n) is 4.20. The predicted molar refractivity (Wildman–Crippen MR) is 70.8 cm³/mol. The Hall–Kier alpha value is -0.850. The highest BCUT2D eigenvalue weighted by Gasteiger charge is 2.29. The first-order valence-corrected chi connectivity index (χ1v) is 6.55. The molecular weight excluding hydrogens is 335 g/mol. The molecule has 0 unspecified atom stereocenters. The van der Waals surface area contributed by atoms with E-state index in [0.717, 1.165) is 12.8 Å². The van der Waals surface area contributed by atoms with Crippen LogP contribution in [0.4, 0.5) is 0 Å². The van der Waals surface area contributed by atoms with Gasteiger partial charge in [0.25, 0.3) is 0 Å². The molecule has 0 aliphatic heterocycles. The molecule has 92 valence electrons. The van der Waals surface area contributed by atoms with E-state index in [4.69, 9.17) is 7.48 Å². The van der Waals surface area contributed by atoms with Gasteiger partial charge in [-0.05, 0) is 19.3 Å². The number of hydrogen-bond acceptors (Lipinski definition) is 4. The third-order valence-corrected chi connectivity index (χ3v) is 3.23. The van der Waals surface area contributed by atoms with E-state index in [-0.39, 0.29) is 11.3 Å². The fourth-order valence-electron chi connectivity index (χ4n) is 1.72. The lowest BCUT2D eigenvalue weighted by molar-refractivity contribution is 0.0976. The van der Waals surface area contributed by atoms with Crippen molar-refractivity contribution in [1.82, 2.24) is 0 Å². The Morgan fingerprint density at radius 2 is 2.29 bits per heavy atom. The third kappa shape index (κ3) is 2.70. The van der Waals surface area contributed by atoms with Gasteiger partial charge in [-0.15, -0.1) is 0 Å². The lowest BCUT2D eigenvalue weighted by Crippen LogP contribution is -2.15. The average Bonchev–Trinajstić information content (AvgIpc) is 3.11. The molecule has 1 heterocycles. The molecule has 1 aliphatic rings. The molecule has 2 rings (SSSR count). The Morgan fingerprint density at radius 1 is 1.59 bits per heavy atom. The first-order chi connectivity index (χ1) is 8.17. The van der Waals surface area contributed by atoms with Crippen LogP contribution in [0.1, 0.15) is 54.6 Å². The second kappa shape index (κ2) is 5.20. The number of hydrogen-bond donors (Lipinski definition) is 0. The highest BCUT2D eigenvalue weighted by molar-refractivity contribution is 14.1. The highest BCUT2D eigenvalue weighted by atomic mass is 127. The fourth-order valence-corrected chi connectivity index (χ4v) is 2.07. The summed E-state index contributed by atoms with van der Waals surface area (Å²) in [6.45, 7) is 1.89. The smallest absolute Gasteiger partial charge is 0.350 e. The summed E-state index contributed by atoms with van der Waals surface area (Å²) in [5, 5.41) is 0. The molecule has 0 aromatic carbocycles. The zero-order chi connectivity index (χ0) is 12.4. The zero-order valence-electron chi connectivity index (χ0n) is 9.49. The van der Waals surface area contributed by atoms with Crippen LogP contribution in [-0.4, -0.2) is 5.78 Å². The zero-order valence-corrected chi connectivity index (χ0v) is 11.7. The quantitative estimate of drug-likeness (QED) is 0.606. The molecule has 0 N–H and O–H groups in total. The van der Waals surface area contributed by atoms with Crippen molar-refractivity contribution in [3.05, 3.63) is 27.8 Å². The van der Waals surface area contributed by atoms with Crippen molar-refractivity contribution < 1.29 is 12.3 Å². The van der Waals surface area contributed by atoms with E-state index >= 15 is 0 Å². The van der Waals surface area contributed by atoms with E-state index in [0.29, 0.717) is 30.3 Å². The van der Waals surface area contributed by atoms with Crippen molar-refractivity contribution in [2.75, 3.05) is 0 Å². The molecule has 1 aromatic heterocycles. The molecule has 1 fully saturated rings. The Kier molecular flexibility index (Phi) is 3.86. The van der Waals surface area contributed by atoms with Crippen LogP contribution >= 0.6 is 23.0 Å². The van der Waals surface area contributed by atoms with Crippen molar-refractivity contribution >= 4 is 28.8 Å². The third-order valence-electron chi connectivity index (χ3n) is 2.75. The minimum atomic E-state index is -0.570. The first-order valence-electron chi connectivity index (χ1n) is 5.67. The molecule has 5 heteroatoms. The topological polar surface area (TPSA) is 56.5 Å². The Morgan fingerprint density at radius 3 is 2.82 bits per heavy atom. The van der Waals surface area contributed by atoms with Crippen molar-refractivity contribution in [1.29, 1.82) is 0 Å². The van der Waals surface area contributed by atoms with Crippen LogP contribution in [-0.2, 0) is 0 Å². The van der Waals surface area contributed by atoms with Crippen LogP contribution in [0, 0.1) is 0 Å². The molecule has 1 aliphatic carbocycles. The lowest BCUT2D eigenvalue weighted by Gasteiger charge is -2.06. The highest BCUT2D eigenvalue weighted by Crippen LogP contribution is 2.41. The molecule has 1 saturated carbocycles. The summed E-state index contributed by atoms with van der Waals surface area (Å²) in [4.78, 5) is 23.6. The lowest BCUT2D eigenvalue weighted by atomic mass is 10.1. The number of Topliss-reactive ketones (excluding diaryl/α,β-unsaturated/α-hetero) is 1. The minimum Gasteiger partial charge on any atom is -0.427 e. The molecule has 0 atom stereocenters. The average molecular weight is 348 g/mol. The van der Waals surface area contributed by atoms with Crippen LogP contribution in [0.5, 0.6) is 5.75 Å². The minimum absolute atomic E-state index is 0.0469. The van der Waals surface area contributed by atoms with Gasteiger partial charge in [0, 0.05) is 18.4 Å². The van der Waals surface area contributed by atoms with Gasteiger partial charge in [-0.2, -0.15) is 0 Å². The van der Waals surface area contributed by atoms with Gasteiger partial charge in [0.15, 0.2) is 34.5 Å². The maximum absolute atomic E-state index is 11.8. The predicted octanol–water partition coefficient (Wildman–Crippen LogP) is 3.23. The maximum atomic E-state index is 11.8. The summed E-state index contributed by atoms with van der Waals surface area (Å²) >= 11 is 1.69. The summed E-state index contributed by atoms with van der Waals surface area (Å²) < 4.78 is 10.3. The van der Waals surface area contributed by atoms with E-state index in [1.54, 1.807) is 29.1 Å².